The summed E-state index contributed by atoms with van der Waals surface area (Å²) in [6.07, 6.45) is 0. The van der Waals surface area contributed by atoms with Crippen molar-refractivity contribution in [3.63, 3.8) is 0 Å². The van der Waals surface area contributed by atoms with Crippen molar-refractivity contribution >= 4 is 44.6 Å². The highest BCUT2D eigenvalue weighted by atomic mass is 16.5. The maximum atomic E-state index is 6.61. The number of para-hydroxylation sites is 1. The molecule has 2 aliphatic heterocycles. The van der Waals surface area contributed by atoms with E-state index in [1.807, 2.05) is 18.2 Å². The summed E-state index contributed by atoms with van der Waals surface area (Å²) in [5.41, 5.74) is 10.7. The lowest BCUT2D eigenvalue weighted by Crippen LogP contribution is -2.57. The molecule has 0 radical (unpaired) electrons. The summed E-state index contributed by atoms with van der Waals surface area (Å²) >= 11 is 0. The van der Waals surface area contributed by atoms with E-state index in [1.165, 1.54) is 49.3 Å². The van der Waals surface area contributed by atoms with Crippen LogP contribution < -0.4 is 25.9 Å². The van der Waals surface area contributed by atoms with Crippen LogP contribution in [0.25, 0.3) is 54.9 Å². The van der Waals surface area contributed by atoms with E-state index in [9.17, 15) is 0 Å². The normalized spacial score (nSPS) is 12.6. The number of hydrogen-bond donors (Lipinski definition) is 0. The van der Waals surface area contributed by atoms with Gasteiger partial charge >= 0.3 is 0 Å². The SMILES string of the molecule is c1ccc(-c2c3ccccc3c(-c3cccc(-c4ccc5c(c4)Oc4cccc6c4B5c4ccccc4O6)c3)c3ccccc23)cc1. The monoisotopic (exact) mass is 598 g/mol. The van der Waals surface area contributed by atoms with Crippen molar-refractivity contribution in [2.24, 2.45) is 0 Å². The summed E-state index contributed by atoms with van der Waals surface area (Å²) < 4.78 is 12.9. The zero-order chi connectivity index (χ0) is 30.9. The molecule has 8 aromatic carbocycles. The topological polar surface area (TPSA) is 18.5 Å². The molecule has 0 saturated carbocycles. The predicted molar refractivity (Wildman–Crippen MR) is 195 cm³/mol. The van der Waals surface area contributed by atoms with Gasteiger partial charge in [-0.3, -0.25) is 0 Å². The first-order chi connectivity index (χ1) is 23.3. The van der Waals surface area contributed by atoms with Gasteiger partial charge in [0.05, 0.1) is 0 Å². The molecule has 3 heteroatoms. The molecule has 0 saturated heterocycles. The molecule has 47 heavy (non-hydrogen) atoms. The van der Waals surface area contributed by atoms with Gasteiger partial charge < -0.3 is 9.47 Å². The van der Waals surface area contributed by atoms with E-state index in [0.717, 1.165) is 45.1 Å². The van der Waals surface area contributed by atoms with Crippen LogP contribution in [-0.2, 0) is 0 Å². The highest BCUT2D eigenvalue weighted by Crippen LogP contribution is 2.44. The predicted octanol–water partition coefficient (Wildman–Crippen LogP) is 9.72. The standard InChI is InChI=1S/C44H27BO2/c1-2-12-28(13-3-1)42-32-16-4-6-18-34(32)43(35-19-7-5-17-33(35)42)31-15-10-14-29(26-31)30-24-25-37-41(27-30)47-40-23-11-22-39-44(40)45(37)36-20-8-9-21-38(36)46-39/h1-27H. The van der Waals surface area contributed by atoms with Crippen LogP contribution >= 0.6 is 0 Å². The molecule has 0 amide bonds. The van der Waals surface area contributed by atoms with Crippen LogP contribution in [0.4, 0.5) is 0 Å². The molecule has 0 bridgehead atoms. The van der Waals surface area contributed by atoms with E-state index in [4.69, 9.17) is 9.47 Å². The molecule has 0 aliphatic carbocycles. The van der Waals surface area contributed by atoms with E-state index >= 15 is 0 Å². The highest BCUT2D eigenvalue weighted by Gasteiger charge is 2.39. The molecule has 8 aromatic rings. The van der Waals surface area contributed by atoms with Crippen molar-refractivity contribution in [3.8, 4) is 56.4 Å². The molecule has 0 aromatic heterocycles. The van der Waals surface area contributed by atoms with Crippen LogP contribution in [-0.4, -0.2) is 6.71 Å². The van der Waals surface area contributed by atoms with Gasteiger partial charge in [-0.25, -0.2) is 0 Å². The lowest BCUT2D eigenvalue weighted by Gasteiger charge is -2.32. The fourth-order valence-corrected chi connectivity index (χ4v) is 7.76. The van der Waals surface area contributed by atoms with Crippen LogP contribution in [0.15, 0.2) is 164 Å². The molecule has 0 N–H and O–H groups in total. The van der Waals surface area contributed by atoms with Crippen LogP contribution in [0.2, 0.25) is 0 Å². The summed E-state index contributed by atoms with van der Waals surface area (Å²) in [6, 6.07) is 58.5. The number of benzene rings is 8. The van der Waals surface area contributed by atoms with E-state index < -0.39 is 0 Å². The maximum absolute atomic E-state index is 6.61. The summed E-state index contributed by atoms with van der Waals surface area (Å²) in [5, 5.41) is 5.02. The second-order valence-corrected chi connectivity index (χ2v) is 12.4. The summed E-state index contributed by atoms with van der Waals surface area (Å²) in [4.78, 5) is 0. The van der Waals surface area contributed by atoms with Gasteiger partial charge in [0.1, 0.15) is 23.0 Å². The van der Waals surface area contributed by atoms with Gasteiger partial charge in [0.25, 0.3) is 6.71 Å². The molecule has 2 heterocycles. The Labute approximate surface area is 273 Å². The Morgan fingerprint density at radius 1 is 0.319 bits per heavy atom. The summed E-state index contributed by atoms with van der Waals surface area (Å²) in [6.45, 7) is 0.0659. The number of ether oxygens (including phenoxy) is 2. The van der Waals surface area contributed by atoms with Gasteiger partial charge in [-0.05, 0) is 96.2 Å². The largest absolute Gasteiger partial charge is 0.458 e. The third-order valence-corrected chi connectivity index (χ3v) is 9.79. The Morgan fingerprint density at radius 3 is 1.53 bits per heavy atom. The molecule has 0 fully saturated rings. The molecule has 0 unspecified atom stereocenters. The van der Waals surface area contributed by atoms with Crippen molar-refractivity contribution in [3.05, 3.63) is 164 Å². The summed E-state index contributed by atoms with van der Waals surface area (Å²) in [5.74, 6) is 3.52. The number of hydrogen-bond acceptors (Lipinski definition) is 2. The van der Waals surface area contributed by atoms with Crippen LogP contribution in [0.1, 0.15) is 0 Å². The van der Waals surface area contributed by atoms with E-state index in [2.05, 4.69) is 146 Å². The second-order valence-electron chi connectivity index (χ2n) is 12.4. The van der Waals surface area contributed by atoms with E-state index in [-0.39, 0.29) is 6.71 Å². The Hall–Kier alpha value is -6.06. The minimum atomic E-state index is 0.0659. The first-order valence-electron chi connectivity index (χ1n) is 16.1. The quantitative estimate of drug-likeness (QED) is 0.149. The maximum Gasteiger partial charge on any atom is 0.260 e. The fourth-order valence-electron chi connectivity index (χ4n) is 7.76. The van der Waals surface area contributed by atoms with E-state index in [0.29, 0.717) is 0 Å². The Morgan fingerprint density at radius 2 is 0.809 bits per heavy atom. The van der Waals surface area contributed by atoms with Crippen molar-refractivity contribution in [2.45, 2.75) is 0 Å². The number of fused-ring (bicyclic) bond motifs is 6. The smallest absolute Gasteiger partial charge is 0.260 e. The van der Waals surface area contributed by atoms with E-state index in [1.54, 1.807) is 0 Å². The lowest BCUT2D eigenvalue weighted by atomic mass is 9.35. The average Bonchev–Trinajstić information content (AvgIpc) is 3.14. The molecular weight excluding hydrogens is 571 g/mol. The lowest BCUT2D eigenvalue weighted by molar-refractivity contribution is 0.464. The molecule has 0 spiro atoms. The Bertz CT molecular complexity index is 2480. The van der Waals surface area contributed by atoms with Gasteiger partial charge in [-0.1, -0.05) is 133 Å². The Balaban J connectivity index is 1.14. The number of rotatable bonds is 3. The van der Waals surface area contributed by atoms with Crippen molar-refractivity contribution in [1.29, 1.82) is 0 Å². The fraction of sp³-hybridized carbons (Fsp3) is 0. The molecule has 2 aliphatic rings. The van der Waals surface area contributed by atoms with Crippen LogP contribution in [0, 0.1) is 0 Å². The minimum absolute atomic E-state index is 0.0659. The van der Waals surface area contributed by atoms with Crippen molar-refractivity contribution < 1.29 is 9.47 Å². The van der Waals surface area contributed by atoms with Crippen molar-refractivity contribution in [2.75, 3.05) is 0 Å². The zero-order valence-corrected chi connectivity index (χ0v) is 25.5. The highest BCUT2D eigenvalue weighted by molar-refractivity contribution is 6.98. The van der Waals surface area contributed by atoms with Gasteiger partial charge in [0, 0.05) is 5.46 Å². The third kappa shape index (κ3) is 4.00. The molecule has 2 nitrogen and oxygen atoms in total. The Kier molecular flexibility index (Phi) is 5.70. The van der Waals surface area contributed by atoms with Gasteiger partial charge in [-0.15, -0.1) is 0 Å². The summed E-state index contributed by atoms with van der Waals surface area (Å²) in [7, 11) is 0. The molecular formula is C44H27BO2. The second kappa shape index (κ2) is 10.2. The van der Waals surface area contributed by atoms with Crippen LogP contribution in [0.5, 0.6) is 23.0 Å². The minimum Gasteiger partial charge on any atom is -0.458 e. The average molecular weight is 599 g/mol. The first-order valence-corrected chi connectivity index (χ1v) is 16.1. The third-order valence-electron chi connectivity index (χ3n) is 9.79. The van der Waals surface area contributed by atoms with Crippen LogP contribution in [0.3, 0.4) is 0 Å². The molecule has 10 rings (SSSR count). The van der Waals surface area contributed by atoms with Gasteiger partial charge in [-0.2, -0.15) is 0 Å². The zero-order valence-electron chi connectivity index (χ0n) is 25.5. The first kappa shape index (κ1) is 26.2. The molecule has 0 atom stereocenters. The van der Waals surface area contributed by atoms with Crippen molar-refractivity contribution in [1.82, 2.24) is 0 Å². The molecule has 218 valence electrons. The van der Waals surface area contributed by atoms with Gasteiger partial charge in [0.15, 0.2) is 0 Å². The van der Waals surface area contributed by atoms with Gasteiger partial charge in [0.2, 0.25) is 0 Å².